The first-order valence-electron chi connectivity index (χ1n) is 11.3. The van der Waals surface area contributed by atoms with Gasteiger partial charge in [0.25, 0.3) is 0 Å². The van der Waals surface area contributed by atoms with E-state index < -0.39 is 0 Å². The van der Waals surface area contributed by atoms with Gasteiger partial charge in [0.2, 0.25) is 11.8 Å². The van der Waals surface area contributed by atoms with Crippen molar-refractivity contribution in [1.29, 1.82) is 0 Å². The summed E-state index contributed by atoms with van der Waals surface area (Å²) in [5.74, 6) is 0.645. The molecule has 0 radical (unpaired) electrons. The minimum absolute atomic E-state index is 0.0729. The molecule has 0 unspecified atom stereocenters. The average Bonchev–Trinajstić information content (AvgIpc) is 2.80. The summed E-state index contributed by atoms with van der Waals surface area (Å²) in [6, 6.07) is 6.45. The zero-order valence-electron chi connectivity index (χ0n) is 18.8. The molecular weight excluding hydrogens is 409 g/mol. The van der Waals surface area contributed by atoms with Gasteiger partial charge >= 0.3 is 0 Å². The number of amides is 2. The van der Waals surface area contributed by atoms with Crippen LogP contribution in [0.15, 0.2) is 30.5 Å². The number of aryl methyl sites for hydroxylation is 2. The molecule has 170 valence electrons. The number of aromatic nitrogens is 2. The van der Waals surface area contributed by atoms with Crippen LogP contribution in [0.1, 0.15) is 29.8 Å². The molecular formula is C24H30FN5O2. The van der Waals surface area contributed by atoms with Crippen molar-refractivity contribution in [1.82, 2.24) is 19.8 Å². The number of carbonyl (C=O) groups excluding carboxylic acids is 2. The van der Waals surface area contributed by atoms with E-state index in [9.17, 15) is 14.0 Å². The molecule has 0 N–H and O–H groups in total. The number of halogens is 1. The molecule has 0 saturated carbocycles. The summed E-state index contributed by atoms with van der Waals surface area (Å²) >= 11 is 0. The lowest BCUT2D eigenvalue weighted by atomic mass is 9.95. The minimum atomic E-state index is -0.272. The Hall–Kier alpha value is -3.03. The van der Waals surface area contributed by atoms with Gasteiger partial charge in [0.15, 0.2) is 0 Å². The summed E-state index contributed by atoms with van der Waals surface area (Å²) in [7, 11) is 0. The van der Waals surface area contributed by atoms with E-state index in [0.717, 1.165) is 35.9 Å². The highest BCUT2D eigenvalue weighted by molar-refractivity contribution is 5.84. The molecule has 2 aromatic rings. The van der Waals surface area contributed by atoms with Crippen molar-refractivity contribution in [2.45, 2.75) is 33.1 Å². The summed E-state index contributed by atoms with van der Waals surface area (Å²) in [6.07, 6.45) is 3.33. The summed E-state index contributed by atoms with van der Waals surface area (Å²) in [6.45, 7) is 7.56. The first-order chi connectivity index (χ1) is 15.4. The van der Waals surface area contributed by atoms with Gasteiger partial charge in [-0.1, -0.05) is 12.1 Å². The van der Waals surface area contributed by atoms with Gasteiger partial charge in [0.1, 0.15) is 11.6 Å². The van der Waals surface area contributed by atoms with Crippen molar-refractivity contribution in [2.75, 3.05) is 44.2 Å². The lowest BCUT2D eigenvalue weighted by molar-refractivity contribution is -0.143. The Morgan fingerprint density at radius 2 is 1.97 bits per heavy atom. The van der Waals surface area contributed by atoms with Gasteiger partial charge in [-0.25, -0.2) is 9.37 Å². The Labute approximate surface area is 188 Å². The third-order valence-electron chi connectivity index (χ3n) is 6.35. The maximum Gasteiger partial charge on any atom is 0.227 e. The second-order valence-corrected chi connectivity index (χ2v) is 8.69. The highest BCUT2D eigenvalue weighted by Crippen LogP contribution is 2.23. The van der Waals surface area contributed by atoms with Crippen molar-refractivity contribution in [3.63, 3.8) is 0 Å². The van der Waals surface area contributed by atoms with Crippen molar-refractivity contribution < 1.29 is 14.0 Å². The zero-order valence-corrected chi connectivity index (χ0v) is 18.8. The number of benzene rings is 1. The molecule has 3 heterocycles. The molecule has 7 nitrogen and oxygen atoms in total. The van der Waals surface area contributed by atoms with E-state index in [1.165, 1.54) is 12.1 Å². The van der Waals surface area contributed by atoms with Crippen LogP contribution in [0, 0.1) is 25.6 Å². The summed E-state index contributed by atoms with van der Waals surface area (Å²) < 4.78 is 13.4. The van der Waals surface area contributed by atoms with Gasteiger partial charge in [-0.15, -0.1) is 0 Å². The monoisotopic (exact) mass is 439 g/mol. The first kappa shape index (κ1) is 22.2. The van der Waals surface area contributed by atoms with Crippen LogP contribution in [0.3, 0.4) is 0 Å². The smallest absolute Gasteiger partial charge is 0.227 e. The molecule has 0 bridgehead atoms. The molecule has 32 heavy (non-hydrogen) atoms. The number of carbonyl (C=O) groups is 2. The number of anilines is 1. The van der Waals surface area contributed by atoms with Crippen molar-refractivity contribution in [3.8, 4) is 0 Å². The fraction of sp³-hybridized carbons (Fsp3) is 0.500. The van der Waals surface area contributed by atoms with Crippen molar-refractivity contribution >= 4 is 17.6 Å². The zero-order chi connectivity index (χ0) is 22.7. The Morgan fingerprint density at radius 1 is 1.19 bits per heavy atom. The molecule has 2 amide bonds. The van der Waals surface area contributed by atoms with E-state index in [1.807, 2.05) is 24.8 Å². The van der Waals surface area contributed by atoms with Gasteiger partial charge in [0.05, 0.1) is 17.3 Å². The topological polar surface area (TPSA) is 69.6 Å². The fourth-order valence-corrected chi connectivity index (χ4v) is 4.51. The van der Waals surface area contributed by atoms with E-state index in [-0.39, 0.29) is 23.5 Å². The standard InChI is InChI=1S/C24H30FN5O2/c1-17-15-26-18(2)23(27-17)28-10-12-29(13-11-28)24(32)20-6-7-22(31)30(16-20)9-8-19-4-3-5-21(25)14-19/h3-5,14-15,20H,6-13,16H2,1-2H3/t20-/m1/s1. The number of nitrogens with zero attached hydrogens (tertiary/aromatic N) is 5. The lowest BCUT2D eigenvalue weighted by Gasteiger charge is -2.39. The van der Waals surface area contributed by atoms with E-state index in [1.54, 1.807) is 17.2 Å². The van der Waals surface area contributed by atoms with Crippen LogP contribution < -0.4 is 4.90 Å². The number of likely N-dealkylation sites (tertiary alicyclic amines) is 1. The Bertz CT molecular complexity index is 990. The van der Waals surface area contributed by atoms with E-state index >= 15 is 0 Å². The quantitative estimate of drug-likeness (QED) is 0.716. The molecule has 2 saturated heterocycles. The van der Waals surface area contributed by atoms with Crippen LogP contribution in [0.25, 0.3) is 0 Å². The van der Waals surface area contributed by atoms with Crippen LogP contribution in [-0.4, -0.2) is 70.9 Å². The highest BCUT2D eigenvalue weighted by atomic mass is 19.1. The molecule has 1 aromatic heterocycles. The maximum atomic E-state index is 13.4. The minimum Gasteiger partial charge on any atom is -0.352 e. The van der Waals surface area contributed by atoms with Crippen LogP contribution in [0.4, 0.5) is 10.2 Å². The average molecular weight is 440 g/mol. The molecule has 2 aliphatic rings. The largest absolute Gasteiger partial charge is 0.352 e. The number of rotatable bonds is 5. The number of piperidine rings is 1. The van der Waals surface area contributed by atoms with E-state index in [2.05, 4.69) is 14.9 Å². The Morgan fingerprint density at radius 3 is 2.72 bits per heavy atom. The van der Waals surface area contributed by atoms with Crippen LogP contribution in [0.2, 0.25) is 0 Å². The third kappa shape index (κ3) is 5.06. The molecule has 0 aliphatic carbocycles. The highest BCUT2D eigenvalue weighted by Gasteiger charge is 2.34. The third-order valence-corrected chi connectivity index (χ3v) is 6.35. The lowest BCUT2D eigenvalue weighted by Crippen LogP contribution is -2.53. The Balaban J connectivity index is 1.32. The number of hydrogen-bond acceptors (Lipinski definition) is 5. The van der Waals surface area contributed by atoms with Gasteiger partial charge < -0.3 is 14.7 Å². The molecule has 1 atom stereocenters. The SMILES string of the molecule is Cc1cnc(C)c(N2CCN(C(=O)[C@@H]3CCC(=O)N(CCc4cccc(F)c4)C3)CC2)n1. The van der Waals surface area contributed by atoms with Crippen molar-refractivity contribution in [2.24, 2.45) is 5.92 Å². The van der Waals surface area contributed by atoms with Crippen LogP contribution in [0.5, 0.6) is 0 Å². The molecule has 1 aromatic carbocycles. The predicted molar refractivity (Wildman–Crippen MR) is 120 cm³/mol. The second-order valence-electron chi connectivity index (χ2n) is 8.69. The summed E-state index contributed by atoms with van der Waals surface area (Å²) in [5, 5.41) is 0. The fourth-order valence-electron chi connectivity index (χ4n) is 4.51. The molecule has 8 heteroatoms. The van der Waals surface area contributed by atoms with E-state index in [4.69, 9.17) is 0 Å². The first-order valence-corrected chi connectivity index (χ1v) is 11.3. The van der Waals surface area contributed by atoms with Crippen LogP contribution in [-0.2, 0) is 16.0 Å². The summed E-state index contributed by atoms with van der Waals surface area (Å²) in [5.41, 5.74) is 2.64. The molecule has 4 rings (SSSR count). The van der Waals surface area contributed by atoms with Gasteiger partial charge in [-0.05, 0) is 44.4 Å². The summed E-state index contributed by atoms with van der Waals surface area (Å²) in [4.78, 5) is 40.5. The van der Waals surface area contributed by atoms with Gasteiger partial charge in [-0.2, -0.15) is 0 Å². The maximum absolute atomic E-state index is 13.4. The molecule has 2 aliphatic heterocycles. The molecule has 2 fully saturated rings. The van der Waals surface area contributed by atoms with E-state index in [0.29, 0.717) is 45.4 Å². The number of hydrogen-bond donors (Lipinski definition) is 0. The van der Waals surface area contributed by atoms with Gasteiger partial charge in [-0.3, -0.25) is 14.6 Å². The molecule has 0 spiro atoms. The predicted octanol–water partition coefficient (Wildman–Crippen LogP) is 2.36. The second kappa shape index (κ2) is 9.63. The van der Waals surface area contributed by atoms with Gasteiger partial charge in [0, 0.05) is 51.9 Å². The van der Waals surface area contributed by atoms with Crippen molar-refractivity contribution in [3.05, 3.63) is 53.2 Å². The number of piperazine rings is 1. The Kier molecular flexibility index (Phi) is 6.67. The van der Waals surface area contributed by atoms with Crippen LogP contribution >= 0.6 is 0 Å². The normalized spacial score (nSPS) is 19.4.